The highest BCUT2D eigenvalue weighted by molar-refractivity contribution is 6.05. The maximum Gasteiger partial charge on any atom is 0.326 e. The summed E-state index contributed by atoms with van der Waals surface area (Å²) in [5.74, 6) is 1.28. The molecule has 0 unspecified atom stereocenters. The number of H-pyrrole nitrogens is 1. The van der Waals surface area contributed by atoms with Crippen LogP contribution in [0.4, 0.5) is 5.69 Å². The van der Waals surface area contributed by atoms with Crippen molar-refractivity contribution in [2.75, 3.05) is 5.32 Å². The van der Waals surface area contributed by atoms with Crippen molar-refractivity contribution < 1.29 is 14.1 Å². The van der Waals surface area contributed by atoms with Crippen LogP contribution in [0.2, 0.25) is 0 Å². The number of fused-ring (bicyclic) bond motifs is 1. The molecule has 0 radical (unpaired) electrons. The van der Waals surface area contributed by atoms with Crippen LogP contribution in [0.15, 0.2) is 51.8 Å². The number of hydrogen-bond acceptors (Lipinski definition) is 6. The van der Waals surface area contributed by atoms with Crippen LogP contribution in [0.3, 0.4) is 0 Å². The molecule has 0 spiro atoms. The van der Waals surface area contributed by atoms with Crippen molar-refractivity contribution in [1.29, 1.82) is 0 Å². The molecule has 1 amide bonds. The number of hydrogen-bond donors (Lipinski definition) is 2. The van der Waals surface area contributed by atoms with E-state index in [1.54, 1.807) is 56.4 Å². The third-order valence-electron chi connectivity index (χ3n) is 4.21. The molecule has 9 nitrogen and oxygen atoms in total. The van der Waals surface area contributed by atoms with Gasteiger partial charge in [-0.05, 0) is 49.4 Å². The van der Waals surface area contributed by atoms with Crippen molar-refractivity contribution in [3.05, 3.63) is 70.2 Å². The van der Waals surface area contributed by atoms with Gasteiger partial charge in [0.15, 0.2) is 12.4 Å². The lowest BCUT2D eigenvalue weighted by Gasteiger charge is -2.07. The van der Waals surface area contributed by atoms with E-state index in [-0.39, 0.29) is 18.2 Å². The number of amides is 1. The summed E-state index contributed by atoms with van der Waals surface area (Å²) in [7, 11) is 1.67. The minimum absolute atomic E-state index is 0.168. The largest absolute Gasteiger partial charge is 0.484 e. The topological polar surface area (TPSA) is 115 Å². The van der Waals surface area contributed by atoms with Crippen molar-refractivity contribution >= 4 is 22.6 Å². The van der Waals surface area contributed by atoms with Crippen LogP contribution in [-0.4, -0.2) is 25.6 Å². The monoisotopic (exact) mass is 379 g/mol. The Kier molecular flexibility index (Phi) is 4.40. The van der Waals surface area contributed by atoms with Crippen LogP contribution >= 0.6 is 0 Å². The first-order chi connectivity index (χ1) is 13.5. The van der Waals surface area contributed by atoms with Crippen molar-refractivity contribution in [1.82, 2.24) is 19.7 Å². The fraction of sp³-hybridized carbons (Fsp3) is 0.158. The van der Waals surface area contributed by atoms with E-state index >= 15 is 0 Å². The predicted molar refractivity (Wildman–Crippen MR) is 101 cm³/mol. The van der Waals surface area contributed by atoms with Gasteiger partial charge in [-0.2, -0.15) is 4.98 Å². The molecule has 0 atom stereocenters. The smallest absolute Gasteiger partial charge is 0.326 e. The molecule has 0 saturated heterocycles. The van der Waals surface area contributed by atoms with E-state index in [1.807, 2.05) is 0 Å². The molecule has 0 aliphatic carbocycles. The molecule has 28 heavy (non-hydrogen) atoms. The molecule has 2 aromatic heterocycles. The Labute approximate surface area is 158 Å². The lowest BCUT2D eigenvalue weighted by atomic mass is 10.2. The zero-order chi connectivity index (χ0) is 19.7. The molecule has 0 saturated carbocycles. The highest BCUT2D eigenvalue weighted by Gasteiger charge is 2.10. The summed E-state index contributed by atoms with van der Waals surface area (Å²) in [5.41, 5.74) is 2.19. The Morgan fingerprint density at radius 3 is 2.75 bits per heavy atom. The summed E-state index contributed by atoms with van der Waals surface area (Å²) in [6, 6.07) is 12.0. The Morgan fingerprint density at radius 1 is 1.25 bits per heavy atom. The average Bonchev–Trinajstić information content (AvgIpc) is 3.23. The van der Waals surface area contributed by atoms with E-state index in [0.717, 1.165) is 5.52 Å². The van der Waals surface area contributed by atoms with Crippen molar-refractivity contribution in [3.63, 3.8) is 0 Å². The number of ether oxygens (including phenoxy) is 1. The molecule has 2 aromatic carbocycles. The maximum atomic E-state index is 12.5. The van der Waals surface area contributed by atoms with Gasteiger partial charge in [0, 0.05) is 18.3 Å². The average molecular weight is 379 g/mol. The summed E-state index contributed by atoms with van der Waals surface area (Å²) in [6.07, 6.45) is 0. The van der Waals surface area contributed by atoms with Gasteiger partial charge in [0.25, 0.3) is 11.8 Å². The zero-order valence-electron chi connectivity index (χ0n) is 15.2. The van der Waals surface area contributed by atoms with Gasteiger partial charge in [0.05, 0.1) is 11.0 Å². The summed E-state index contributed by atoms with van der Waals surface area (Å²) >= 11 is 0. The fourth-order valence-electron chi connectivity index (χ4n) is 2.76. The second-order valence-corrected chi connectivity index (χ2v) is 6.22. The first-order valence-corrected chi connectivity index (χ1v) is 8.52. The molecular weight excluding hydrogens is 362 g/mol. The molecule has 4 rings (SSSR count). The van der Waals surface area contributed by atoms with Crippen LogP contribution in [0.25, 0.3) is 11.0 Å². The summed E-state index contributed by atoms with van der Waals surface area (Å²) in [6.45, 7) is 1.90. The van der Waals surface area contributed by atoms with E-state index in [4.69, 9.17) is 9.26 Å². The number of nitrogens with one attached hydrogen (secondary N) is 2. The van der Waals surface area contributed by atoms with Crippen LogP contribution < -0.4 is 15.7 Å². The maximum absolute atomic E-state index is 12.5. The number of benzene rings is 2. The number of carbonyl (C=O) groups is 1. The minimum atomic E-state index is -0.276. The van der Waals surface area contributed by atoms with Crippen LogP contribution in [0, 0.1) is 6.92 Å². The van der Waals surface area contributed by atoms with Gasteiger partial charge in [-0.1, -0.05) is 5.16 Å². The second-order valence-electron chi connectivity index (χ2n) is 6.22. The summed E-state index contributed by atoms with van der Waals surface area (Å²) in [4.78, 5) is 30.9. The molecule has 0 aliphatic heterocycles. The van der Waals surface area contributed by atoms with Gasteiger partial charge in [0.1, 0.15) is 5.75 Å². The zero-order valence-corrected chi connectivity index (χ0v) is 15.2. The van der Waals surface area contributed by atoms with Crippen molar-refractivity contribution in [2.45, 2.75) is 13.5 Å². The molecule has 4 aromatic rings. The Morgan fingerprint density at radius 2 is 2.04 bits per heavy atom. The molecular formula is C19H17N5O4. The molecule has 0 aliphatic rings. The number of aromatic amines is 1. The van der Waals surface area contributed by atoms with Crippen LogP contribution in [-0.2, 0) is 13.7 Å². The number of aromatic nitrogens is 4. The molecule has 0 fully saturated rings. The van der Waals surface area contributed by atoms with E-state index in [1.165, 1.54) is 4.57 Å². The van der Waals surface area contributed by atoms with E-state index in [2.05, 4.69) is 20.4 Å². The summed E-state index contributed by atoms with van der Waals surface area (Å²) < 4.78 is 12.0. The molecule has 2 heterocycles. The van der Waals surface area contributed by atoms with Gasteiger partial charge in [-0.15, -0.1) is 0 Å². The van der Waals surface area contributed by atoms with E-state index in [0.29, 0.717) is 34.2 Å². The lowest BCUT2D eigenvalue weighted by molar-refractivity contribution is 0.102. The summed E-state index contributed by atoms with van der Waals surface area (Å²) in [5, 5.41) is 6.51. The van der Waals surface area contributed by atoms with Crippen LogP contribution in [0.5, 0.6) is 5.75 Å². The predicted octanol–water partition coefficient (Wildman–Crippen LogP) is 2.39. The van der Waals surface area contributed by atoms with Crippen LogP contribution in [0.1, 0.15) is 22.1 Å². The second kappa shape index (κ2) is 7.03. The molecule has 2 N–H and O–H groups in total. The minimum Gasteiger partial charge on any atom is -0.484 e. The number of imidazole rings is 1. The third-order valence-corrected chi connectivity index (χ3v) is 4.21. The van der Waals surface area contributed by atoms with Crippen molar-refractivity contribution in [3.8, 4) is 5.75 Å². The highest BCUT2D eigenvalue weighted by Crippen LogP contribution is 2.18. The van der Waals surface area contributed by atoms with E-state index in [9.17, 15) is 9.59 Å². The number of rotatable bonds is 5. The molecule has 0 bridgehead atoms. The van der Waals surface area contributed by atoms with Gasteiger partial charge in [0.2, 0.25) is 0 Å². The quantitative estimate of drug-likeness (QED) is 0.550. The standard InChI is InChI=1S/C19H17N5O4/c1-11-20-17(28-23-11)10-27-14-6-4-13(5-7-14)21-18(25)12-3-8-16-15(9-12)22-19(26)24(16)2/h3-9H,10H2,1-2H3,(H,21,25)(H,22,26). The normalized spacial score (nSPS) is 10.9. The van der Waals surface area contributed by atoms with Gasteiger partial charge in [-0.3, -0.25) is 9.36 Å². The van der Waals surface area contributed by atoms with Gasteiger partial charge in [-0.25, -0.2) is 4.79 Å². The Bertz CT molecular complexity index is 1200. The number of anilines is 1. The number of nitrogens with zero attached hydrogens (tertiary/aromatic N) is 3. The van der Waals surface area contributed by atoms with Gasteiger partial charge < -0.3 is 19.6 Å². The SMILES string of the molecule is Cc1noc(COc2ccc(NC(=O)c3ccc4c(c3)[nH]c(=O)n4C)cc2)n1. The highest BCUT2D eigenvalue weighted by atomic mass is 16.5. The fourth-order valence-corrected chi connectivity index (χ4v) is 2.76. The first-order valence-electron chi connectivity index (χ1n) is 8.52. The number of carbonyl (C=O) groups excluding carboxylic acids is 1. The third kappa shape index (κ3) is 3.50. The Hall–Kier alpha value is -3.88. The first kappa shape index (κ1) is 17.5. The molecule has 142 valence electrons. The van der Waals surface area contributed by atoms with Crippen molar-refractivity contribution in [2.24, 2.45) is 7.05 Å². The van der Waals surface area contributed by atoms with E-state index < -0.39 is 0 Å². The molecule has 9 heteroatoms. The lowest BCUT2D eigenvalue weighted by Crippen LogP contribution is -2.12. The van der Waals surface area contributed by atoms with Gasteiger partial charge >= 0.3 is 5.69 Å². The number of aryl methyl sites for hydroxylation is 2. The Balaban J connectivity index is 1.42.